The number of halogens is 1. The lowest BCUT2D eigenvalue weighted by Crippen LogP contribution is -2.30. The molecule has 1 rings (SSSR count). The van der Waals surface area contributed by atoms with E-state index in [1.54, 1.807) is 7.11 Å². The maximum absolute atomic E-state index is 5.53. The fourth-order valence-electron chi connectivity index (χ4n) is 1.90. The van der Waals surface area contributed by atoms with Crippen LogP contribution in [0.4, 0.5) is 5.69 Å². The van der Waals surface area contributed by atoms with Crippen molar-refractivity contribution in [1.29, 1.82) is 0 Å². The van der Waals surface area contributed by atoms with Gasteiger partial charge in [-0.25, -0.2) is 0 Å². The van der Waals surface area contributed by atoms with Crippen LogP contribution in [0.3, 0.4) is 0 Å². The minimum atomic E-state index is 0. The van der Waals surface area contributed by atoms with Gasteiger partial charge in [-0.3, -0.25) is 4.99 Å². The average molecular weight is 435 g/mol. The van der Waals surface area contributed by atoms with E-state index >= 15 is 0 Å². The lowest BCUT2D eigenvalue weighted by atomic mass is 10.1. The maximum Gasteiger partial charge on any atom is 0.195 e. The zero-order valence-electron chi connectivity index (χ0n) is 14.8. The summed E-state index contributed by atoms with van der Waals surface area (Å²) in [6.07, 6.45) is 1.07. The first-order valence-corrected chi connectivity index (χ1v) is 7.96. The molecule has 0 atom stereocenters. The molecule has 0 aliphatic rings. The Morgan fingerprint density at radius 3 is 2.52 bits per heavy atom. The van der Waals surface area contributed by atoms with Crippen molar-refractivity contribution >= 4 is 35.6 Å². The number of nitrogens with one attached hydrogen (secondary N) is 2. The summed E-state index contributed by atoms with van der Waals surface area (Å²) < 4.78 is 10.9. The molecule has 2 N–H and O–H groups in total. The third-order valence-corrected chi connectivity index (χ3v) is 3.05. The fraction of sp³-hybridized carbons (Fsp3) is 0.588. The standard InChI is InChI=1S/C17H29N3O2.HI/c1-6-18-17(19-11-10-13(3)4)20-14-8-9-15(22-7-2)16(12-14)21-5;/h8-9,12-13H,6-7,10-11H2,1-5H3,(H2,18,19,20);1H. The Kier molecular flexibility index (Phi) is 11.6. The largest absolute Gasteiger partial charge is 0.493 e. The van der Waals surface area contributed by atoms with Crippen molar-refractivity contribution in [2.45, 2.75) is 34.1 Å². The first-order chi connectivity index (χ1) is 10.6. The van der Waals surface area contributed by atoms with Crippen molar-refractivity contribution in [3.05, 3.63) is 18.2 Å². The number of rotatable bonds is 8. The predicted octanol–water partition coefficient (Wildman–Crippen LogP) is 4.14. The van der Waals surface area contributed by atoms with Gasteiger partial charge in [0, 0.05) is 24.8 Å². The van der Waals surface area contributed by atoms with Gasteiger partial charge in [-0.15, -0.1) is 24.0 Å². The summed E-state index contributed by atoms with van der Waals surface area (Å²) in [5.41, 5.74) is 0.921. The first kappa shape index (κ1) is 21.8. The van der Waals surface area contributed by atoms with Crippen LogP contribution in [0.25, 0.3) is 0 Å². The molecule has 0 heterocycles. The summed E-state index contributed by atoms with van der Waals surface area (Å²) >= 11 is 0. The summed E-state index contributed by atoms with van der Waals surface area (Å²) in [6.45, 7) is 10.7. The van der Waals surface area contributed by atoms with E-state index in [1.807, 2.05) is 25.1 Å². The normalized spacial score (nSPS) is 11.0. The summed E-state index contributed by atoms with van der Waals surface area (Å²) in [5.74, 6) is 2.90. The van der Waals surface area contributed by atoms with Gasteiger partial charge in [0.25, 0.3) is 0 Å². The van der Waals surface area contributed by atoms with Crippen molar-refractivity contribution in [3.63, 3.8) is 0 Å². The van der Waals surface area contributed by atoms with Gasteiger partial charge >= 0.3 is 0 Å². The molecule has 0 aromatic heterocycles. The smallest absolute Gasteiger partial charge is 0.195 e. The second-order valence-corrected chi connectivity index (χ2v) is 5.37. The fourth-order valence-corrected chi connectivity index (χ4v) is 1.90. The van der Waals surface area contributed by atoms with Crippen molar-refractivity contribution in [1.82, 2.24) is 5.32 Å². The van der Waals surface area contributed by atoms with E-state index in [2.05, 4.69) is 36.4 Å². The Balaban J connectivity index is 0.00000484. The highest BCUT2D eigenvalue weighted by atomic mass is 127. The number of hydrogen-bond donors (Lipinski definition) is 2. The van der Waals surface area contributed by atoms with Crippen LogP contribution in [0.15, 0.2) is 23.2 Å². The van der Waals surface area contributed by atoms with Gasteiger partial charge in [0.15, 0.2) is 17.5 Å². The molecule has 132 valence electrons. The van der Waals surface area contributed by atoms with Crippen molar-refractivity contribution in [2.75, 3.05) is 32.1 Å². The Labute approximate surface area is 157 Å². The number of guanidine groups is 1. The molecule has 0 spiro atoms. The van der Waals surface area contributed by atoms with E-state index in [0.717, 1.165) is 36.9 Å². The van der Waals surface area contributed by atoms with Gasteiger partial charge in [0.2, 0.25) is 0 Å². The van der Waals surface area contributed by atoms with Crippen LogP contribution < -0.4 is 20.1 Å². The van der Waals surface area contributed by atoms with Crippen LogP contribution in [-0.4, -0.2) is 32.8 Å². The van der Waals surface area contributed by atoms with E-state index in [1.165, 1.54) is 0 Å². The molecule has 1 aromatic carbocycles. The topological polar surface area (TPSA) is 54.9 Å². The van der Waals surface area contributed by atoms with Gasteiger partial charge in [-0.05, 0) is 38.3 Å². The summed E-state index contributed by atoms with van der Waals surface area (Å²) in [7, 11) is 1.64. The molecule has 0 saturated heterocycles. The van der Waals surface area contributed by atoms with Crippen LogP contribution in [0.1, 0.15) is 34.1 Å². The molecule has 1 aromatic rings. The quantitative estimate of drug-likeness (QED) is 0.366. The van der Waals surface area contributed by atoms with E-state index in [9.17, 15) is 0 Å². The van der Waals surface area contributed by atoms with E-state index in [-0.39, 0.29) is 24.0 Å². The van der Waals surface area contributed by atoms with E-state index < -0.39 is 0 Å². The Bertz CT molecular complexity index is 479. The molecule has 0 unspecified atom stereocenters. The number of nitrogens with zero attached hydrogens (tertiary/aromatic N) is 1. The first-order valence-electron chi connectivity index (χ1n) is 7.96. The molecule has 5 nitrogen and oxygen atoms in total. The lowest BCUT2D eigenvalue weighted by molar-refractivity contribution is 0.311. The van der Waals surface area contributed by atoms with Crippen LogP contribution in [-0.2, 0) is 0 Å². The van der Waals surface area contributed by atoms with E-state index in [4.69, 9.17) is 9.47 Å². The predicted molar refractivity (Wildman–Crippen MR) is 109 cm³/mol. The second kappa shape index (κ2) is 12.3. The maximum atomic E-state index is 5.53. The van der Waals surface area contributed by atoms with Crippen LogP contribution in [0.5, 0.6) is 11.5 Å². The highest BCUT2D eigenvalue weighted by molar-refractivity contribution is 14.0. The number of anilines is 1. The Morgan fingerprint density at radius 1 is 1.22 bits per heavy atom. The molecule has 0 radical (unpaired) electrons. The minimum Gasteiger partial charge on any atom is -0.493 e. The van der Waals surface area contributed by atoms with Gasteiger partial charge in [0.1, 0.15) is 0 Å². The molecule has 0 bridgehead atoms. The molecule has 0 aliphatic carbocycles. The molecular formula is C17H30IN3O2. The van der Waals surface area contributed by atoms with Gasteiger partial charge in [-0.2, -0.15) is 0 Å². The van der Waals surface area contributed by atoms with E-state index in [0.29, 0.717) is 18.3 Å². The summed E-state index contributed by atoms with van der Waals surface area (Å²) in [5, 5.41) is 6.55. The number of benzene rings is 1. The molecule has 23 heavy (non-hydrogen) atoms. The Hall–Kier alpha value is -1.18. The summed E-state index contributed by atoms with van der Waals surface area (Å²) in [4.78, 5) is 4.59. The number of hydrogen-bond acceptors (Lipinski definition) is 3. The average Bonchev–Trinajstić information content (AvgIpc) is 2.48. The third-order valence-electron chi connectivity index (χ3n) is 3.05. The van der Waals surface area contributed by atoms with Crippen LogP contribution >= 0.6 is 24.0 Å². The highest BCUT2D eigenvalue weighted by Crippen LogP contribution is 2.30. The van der Waals surface area contributed by atoms with Crippen LogP contribution in [0.2, 0.25) is 0 Å². The number of methoxy groups -OCH3 is 1. The zero-order valence-corrected chi connectivity index (χ0v) is 17.1. The minimum absolute atomic E-state index is 0. The number of aliphatic imine (C=N–C) groups is 1. The third kappa shape index (κ3) is 8.29. The molecule has 6 heteroatoms. The zero-order chi connectivity index (χ0) is 16.4. The van der Waals surface area contributed by atoms with Crippen LogP contribution in [0, 0.1) is 5.92 Å². The SMILES string of the molecule is CCNC(=NCCC(C)C)Nc1ccc(OCC)c(OC)c1.I. The van der Waals surface area contributed by atoms with Gasteiger partial charge in [0.05, 0.1) is 13.7 Å². The molecule has 0 saturated carbocycles. The molecule has 0 aliphatic heterocycles. The Morgan fingerprint density at radius 2 is 1.96 bits per heavy atom. The van der Waals surface area contributed by atoms with Crippen molar-refractivity contribution in [2.24, 2.45) is 10.9 Å². The number of ether oxygens (including phenoxy) is 2. The van der Waals surface area contributed by atoms with Crippen molar-refractivity contribution in [3.8, 4) is 11.5 Å². The molecular weight excluding hydrogens is 405 g/mol. The molecule has 0 amide bonds. The van der Waals surface area contributed by atoms with Crippen molar-refractivity contribution < 1.29 is 9.47 Å². The van der Waals surface area contributed by atoms with Gasteiger partial charge < -0.3 is 20.1 Å². The van der Waals surface area contributed by atoms with Gasteiger partial charge in [-0.1, -0.05) is 13.8 Å². The monoisotopic (exact) mass is 435 g/mol. The highest BCUT2D eigenvalue weighted by Gasteiger charge is 2.06. The lowest BCUT2D eigenvalue weighted by Gasteiger charge is -2.14. The summed E-state index contributed by atoms with van der Waals surface area (Å²) in [6, 6.07) is 5.78. The molecule has 0 fully saturated rings. The second-order valence-electron chi connectivity index (χ2n) is 5.37.